The van der Waals surface area contributed by atoms with E-state index in [1.807, 2.05) is 0 Å². The van der Waals surface area contributed by atoms with E-state index < -0.39 is 97.5 Å². The largest absolute Gasteiger partial charge is 0.472 e. The van der Waals surface area contributed by atoms with E-state index in [1.54, 1.807) is 0 Å². The number of carbonyl (C=O) groups excluding carboxylic acids is 4. The zero-order valence-electron chi connectivity index (χ0n) is 47.1. The molecular formula is C55H106O17P2. The van der Waals surface area contributed by atoms with Crippen molar-refractivity contribution in [1.82, 2.24) is 0 Å². The van der Waals surface area contributed by atoms with Crippen molar-refractivity contribution >= 4 is 39.5 Å². The Kier molecular flexibility index (Phi) is 46.9. The number of aliphatic hydroxyl groups is 1. The SMILES string of the molecule is CCCCCCCC(=O)OC[C@H](COP(=O)(O)OC[C@H](O)COP(=O)(O)OC[C@@H](COC(=O)CCCCCCCCC(C)CC)OC(=O)CCCCCCCCCCCCCC(C)C)OC(=O)CCCCCCC. The van der Waals surface area contributed by atoms with Crippen LogP contribution in [-0.4, -0.2) is 96.7 Å². The van der Waals surface area contributed by atoms with Gasteiger partial charge in [0.05, 0.1) is 26.4 Å². The lowest BCUT2D eigenvalue weighted by atomic mass is 10.00. The molecule has 0 radical (unpaired) electrons. The lowest BCUT2D eigenvalue weighted by Crippen LogP contribution is -2.30. The highest BCUT2D eigenvalue weighted by molar-refractivity contribution is 7.47. The summed E-state index contributed by atoms with van der Waals surface area (Å²) in [6.07, 6.45) is 27.4. The molecule has 0 saturated carbocycles. The number of hydrogen-bond donors (Lipinski definition) is 3. The summed E-state index contributed by atoms with van der Waals surface area (Å²) in [6.45, 7) is 9.19. The fraction of sp³-hybridized carbons (Fsp3) is 0.927. The van der Waals surface area contributed by atoms with E-state index in [9.17, 15) is 43.2 Å². The average Bonchev–Trinajstić information content (AvgIpc) is 3.36. The van der Waals surface area contributed by atoms with Gasteiger partial charge in [-0.25, -0.2) is 9.13 Å². The molecule has 0 amide bonds. The molecule has 0 fully saturated rings. The number of hydrogen-bond acceptors (Lipinski definition) is 15. The zero-order chi connectivity index (χ0) is 55.1. The number of aliphatic hydroxyl groups excluding tert-OH is 1. The number of rotatable bonds is 54. The number of phosphoric acid groups is 2. The van der Waals surface area contributed by atoms with E-state index in [1.165, 1.54) is 64.2 Å². The van der Waals surface area contributed by atoms with Gasteiger partial charge >= 0.3 is 39.5 Å². The Morgan fingerprint density at radius 2 is 0.689 bits per heavy atom. The van der Waals surface area contributed by atoms with Crippen molar-refractivity contribution in [3.63, 3.8) is 0 Å². The second-order valence-electron chi connectivity index (χ2n) is 20.7. The second kappa shape index (κ2) is 48.2. The number of esters is 4. The molecule has 0 heterocycles. The van der Waals surface area contributed by atoms with Crippen molar-refractivity contribution in [3.05, 3.63) is 0 Å². The molecule has 0 aromatic carbocycles. The lowest BCUT2D eigenvalue weighted by Gasteiger charge is -2.21. The summed E-state index contributed by atoms with van der Waals surface area (Å²) in [7, 11) is -9.85. The minimum absolute atomic E-state index is 0.0983. The summed E-state index contributed by atoms with van der Waals surface area (Å²) in [5.74, 6) is -0.674. The van der Waals surface area contributed by atoms with Crippen LogP contribution in [0.1, 0.15) is 260 Å². The van der Waals surface area contributed by atoms with Crippen LogP contribution in [-0.2, 0) is 65.4 Å². The molecule has 0 aromatic rings. The van der Waals surface area contributed by atoms with Gasteiger partial charge in [0.2, 0.25) is 0 Å². The predicted octanol–water partition coefficient (Wildman–Crippen LogP) is 14.1. The first-order valence-electron chi connectivity index (χ1n) is 29.0. The van der Waals surface area contributed by atoms with E-state index in [0.717, 1.165) is 115 Å². The molecule has 74 heavy (non-hydrogen) atoms. The van der Waals surface area contributed by atoms with Crippen LogP contribution >= 0.6 is 15.6 Å². The highest BCUT2D eigenvalue weighted by atomic mass is 31.2. The van der Waals surface area contributed by atoms with Crippen LogP contribution < -0.4 is 0 Å². The summed E-state index contributed by atoms with van der Waals surface area (Å²) in [5, 5.41) is 10.4. The predicted molar refractivity (Wildman–Crippen MR) is 289 cm³/mol. The quantitative estimate of drug-likeness (QED) is 0.0222. The third-order valence-corrected chi connectivity index (χ3v) is 14.7. The van der Waals surface area contributed by atoms with E-state index in [0.29, 0.717) is 25.7 Å². The Morgan fingerprint density at radius 3 is 1.03 bits per heavy atom. The van der Waals surface area contributed by atoms with Crippen LogP contribution in [0.4, 0.5) is 0 Å². The van der Waals surface area contributed by atoms with Gasteiger partial charge in [0.25, 0.3) is 0 Å². The molecule has 0 aromatic heterocycles. The molecule has 19 heteroatoms. The van der Waals surface area contributed by atoms with E-state index in [4.69, 9.17) is 37.0 Å². The van der Waals surface area contributed by atoms with Crippen molar-refractivity contribution in [2.75, 3.05) is 39.6 Å². The Hall–Kier alpha value is -1.94. The molecule has 438 valence electrons. The first-order chi connectivity index (χ1) is 35.4. The lowest BCUT2D eigenvalue weighted by molar-refractivity contribution is -0.161. The molecule has 6 atom stereocenters. The fourth-order valence-electron chi connectivity index (χ4n) is 7.91. The Balaban J connectivity index is 5.15. The number of unbranched alkanes of at least 4 members (excludes halogenated alkanes) is 23. The maximum absolute atomic E-state index is 12.9. The average molecular weight is 1100 g/mol. The van der Waals surface area contributed by atoms with Crippen molar-refractivity contribution < 1.29 is 80.2 Å². The number of ether oxygens (including phenoxy) is 4. The van der Waals surface area contributed by atoms with Crippen molar-refractivity contribution in [2.45, 2.75) is 278 Å². The van der Waals surface area contributed by atoms with Gasteiger partial charge in [-0.15, -0.1) is 0 Å². The van der Waals surface area contributed by atoms with Gasteiger partial charge in [0, 0.05) is 25.7 Å². The van der Waals surface area contributed by atoms with Gasteiger partial charge in [0.15, 0.2) is 12.2 Å². The van der Waals surface area contributed by atoms with Crippen LogP contribution in [0, 0.1) is 11.8 Å². The maximum Gasteiger partial charge on any atom is 0.472 e. The van der Waals surface area contributed by atoms with Crippen molar-refractivity contribution in [3.8, 4) is 0 Å². The second-order valence-corrected chi connectivity index (χ2v) is 23.6. The molecule has 0 aliphatic carbocycles. The van der Waals surface area contributed by atoms with E-state index in [-0.39, 0.29) is 25.7 Å². The smallest absolute Gasteiger partial charge is 0.462 e. The van der Waals surface area contributed by atoms with Gasteiger partial charge in [0.1, 0.15) is 19.3 Å². The summed E-state index contributed by atoms with van der Waals surface area (Å²) < 4.78 is 67.2. The topological polar surface area (TPSA) is 237 Å². The van der Waals surface area contributed by atoms with Crippen LogP contribution in [0.25, 0.3) is 0 Å². The standard InChI is InChI=1S/C55H106O17P2/c1-7-10-12-23-31-37-52(57)65-43-50(71-54(59)39-33-24-13-11-8-2)45-69-73(61,62)67-41-49(56)42-68-74(63,64)70-46-51(44-66-53(58)38-32-27-22-21-26-30-36-48(6)9-3)72-55(60)40-34-28-20-18-16-14-15-17-19-25-29-35-47(4)5/h47-51,56H,7-46H2,1-6H3,(H,61,62)(H,63,64)/t48?,49-,50+,51+/m0/s1. The normalized spacial score (nSPS) is 14.9. The molecule has 0 saturated heterocycles. The Labute approximate surface area is 447 Å². The first kappa shape index (κ1) is 72.1. The van der Waals surface area contributed by atoms with Crippen LogP contribution in [0.5, 0.6) is 0 Å². The van der Waals surface area contributed by atoms with Crippen LogP contribution in [0.3, 0.4) is 0 Å². The summed E-state index contributed by atoms with van der Waals surface area (Å²) in [5.41, 5.74) is 0. The fourth-order valence-corrected chi connectivity index (χ4v) is 9.49. The minimum atomic E-state index is -4.93. The third-order valence-electron chi connectivity index (χ3n) is 12.8. The summed E-state index contributed by atoms with van der Waals surface area (Å²) in [6, 6.07) is 0. The Bertz CT molecular complexity index is 1480. The highest BCUT2D eigenvalue weighted by Gasteiger charge is 2.30. The summed E-state index contributed by atoms with van der Waals surface area (Å²) >= 11 is 0. The van der Waals surface area contributed by atoms with Crippen molar-refractivity contribution in [2.24, 2.45) is 11.8 Å². The number of phosphoric ester groups is 2. The van der Waals surface area contributed by atoms with Gasteiger partial charge in [-0.3, -0.25) is 37.3 Å². The molecule has 17 nitrogen and oxygen atoms in total. The van der Waals surface area contributed by atoms with E-state index in [2.05, 4.69) is 41.5 Å². The van der Waals surface area contributed by atoms with Gasteiger partial charge in [-0.1, -0.05) is 208 Å². The molecule has 0 aliphatic rings. The first-order valence-corrected chi connectivity index (χ1v) is 32.0. The highest BCUT2D eigenvalue weighted by Crippen LogP contribution is 2.45. The third kappa shape index (κ3) is 48.4. The molecule has 0 bridgehead atoms. The molecule has 0 spiro atoms. The Morgan fingerprint density at radius 1 is 0.392 bits per heavy atom. The van der Waals surface area contributed by atoms with Gasteiger partial charge < -0.3 is 33.8 Å². The van der Waals surface area contributed by atoms with Crippen molar-refractivity contribution in [1.29, 1.82) is 0 Å². The monoisotopic (exact) mass is 1100 g/mol. The molecule has 3 unspecified atom stereocenters. The minimum Gasteiger partial charge on any atom is -0.462 e. The van der Waals surface area contributed by atoms with E-state index >= 15 is 0 Å². The molecule has 0 aliphatic heterocycles. The molecular weight excluding hydrogens is 995 g/mol. The van der Waals surface area contributed by atoms with Gasteiger partial charge in [-0.05, 0) is 37.5 Å². The zero-order valence-corrected chi connectivity index (χ0v) is 48.9. The summed E-state index contributed by atoms with van der Waals surface area (Å²) in [4.78, 5) is 71.3. The van der Waals surface area contributed by atoms with Crippen LogP contribution in [0.15, 0.2) is 0 Å². The van der Waals surface area contributed by atoms with Gasteiger partial charge in [-0.2, -0.15) is 0 Å². The number of carbonyl (C=O) groups is 4. The van der Waals surface area contributed by atoms with Crippen LogP contribution in [0.2, 0.25) is 0 Å². The molecule has 3 N–H and O–H groups in total. The maximum atomic E-state index is 12.9. The molecule has 0 rings (SSSR count).